The number of carbonyl (C=O) groups is 1. The average molecular weight is 361 g/mol. The number of halogens is 1. The summed E-state index contributed by atoms with van der Waals surface area (Å²) in [6.07, 6.45) is 0. The minimum absolute atomic E-state index is 0.0114. The highest BCUT2D eigenvalue weighted by molar-refractivity contribution is 9.10. The standard InChI is InChI=1S/C16H13BrN2O3/c1-21-13-6-7-15(17)14(10-13)16(20)19-11-2-4-12(5-3-11)22-9-8-18/h2-7,10H,9H2,1H3,(H,19,20). The lowest BCUT2D eigenvalue weighted by molar-refractivity contribution is 0.102. The van der Waals surface area contributed by atoms with Gasteiger partial charge in [-0.25, -0.2) is 0 Å². The van der Waals surface area contributed by atoms with E-state index in [-0.39, 0.29) is 12.5 Å². The van der Waals surface area contributed by atoms with Crippen molar-refractivity contribution in [3.05, 3.63) is 52.5 Å². The molecule has 0 aliphatic carbocycles. The highest BCUT2D eigenvalue weighted by atomic mass is 79.9. The number of methoxy groups -OCH3 is 1. The summed E-state index contributed by atoms with van der Waals surface area (Å²) in [4.78, 5) is 12.3. The van der Waals surface area contributed by atoms with E-state index in [1.165, 1.54) is 0 Å². The van der Waals surface area contributed by atoms with Crippen LogP contribution in [0.3, 0.4) is 0 Å². The molecule has 1 N–H and O–H groups in total. The van der Waals surface area contributed by atoms with Gasteiger partial charge in [0.15, 0.2) is 6.61 Å². The minimum atomic E-state index is -0.253. The SMILES string of the molecule is COc1ccc(Br)c(C(=O)Nc2ccc(OCC#N)cc2)c1. The zero-order valence-electron chi connectivity index (χ0n) is 11.8. The Hall–Kier alpha value is -2.52. The molecule has 0 bridgehead atoms. The van der Waals surface area contributed by atoms with Crippen molar-refractivity contribution in [3.8, 4) is 17.6 Å². The number of benzene rings is 2. The van der Waals surface area contributed by atoms with E-state index < -0.39 is 0 Å². The van der Waals surface area contributed by atoms with Crippen LogP contribution in [0.4, 0.5) is 5.69 Å². The highest BCUT2D eigenvalue weighted by Gasteiger charge is 2.11. The van der Waals surface area contributed by atoms with E-state index in [0.29, 0.717) is 27.2 Å². The maximum Gasteiger partial charge on any atom is 0.256 e. The molecule has 0 aliphatic heterocycles. The zero-order chi connectivity index (χ0) is 15.9. The number of anilines is 1. The summed E-state index contributed by atoms with van der Waals surface area (Å²) in [7, 11) is 1.55. The number of carbonyl (C=O) groups excluding carboxylic acids is 1. The Labute approximate surface area is 136 Å². The quantitative estimate of drug-likeness (QED) is 0.883. The van der Waals surface area contributed by atoms with Gasteiger partial charge in [0.2, 0.25) is 0 Å². The predicted molar refractivity (Wildman–Crippen MR) is 86.2 cm³/mol. The molecule has 0 radical (unpaired) electrons. The van der Waals surface area contributed by atoms with Crippen molar-refractivity contribution in [2.75, 3.05) is 19.0 Å². The highest BCUT2D eigenvalue weighted by Crippen LogP contribution is 2.24. The van der Waals surface area contributed by atoms with Gasteiger partial charge in [-0.1, -0.05) is 0 Å². The first kappa shape index (κ1) is 15.9. The van der Waals surface area contributed by atoms with Gasteiger partial charge in [0.25, 0.3) is 5.91 Å². The van der Waals surface area contributed by atoms with Crippen LogP contribution in [-0.4, -0.2) is 19.6 Å². The first-order valence-corrected chi connectivity index (χ1v) is 7.18. The summed E-state index contributed by atoms with van der Waals surface area (Å²) in [5.74, 6) is 0.923. The molecule has 112 valence electrons. The van der Waals surface area contributed by atoms with Crippen molar-refractivity contribution in [2.24, 2.45) is 0 Å². The third kappa shape index (κ3) is 3.99. The molecule has 1 amide bonds. The Morgan fingerprint density at radius 1 is 1.23 bits per heavy atom. The van der Waals surface area contributed by atoms with Crippen LogP contribution < -0.4 is 14.8 Å². The molecule has 2 aromatic rings. The van der Waals surface area contributed by atoms with Crippen LogP contribution in [0.1, 0.15) is 10.4 Å². The summed E-state index contributed by atoms with van der Waals surface area (Å²) in [6.45, 7) is -0.0114. The fraction of sp³-hybridized carbons (Fsp3) is 0.125. The normalized spacial score (nSPS) is 9.68. The molecule has 0 heterocycles. The van der Waals surface area contributed by atoms with E-state index >= 15 is 0 Å². The van der Waals surface area contributed by atoms with E-state index in [4.69, 9.17) is 14.7 Å². The summed E-state index contributed by atoms with van der Waals surface area (Å²) >= 11 is 3.35. The molecule has 2 aromatic carbocycles. The number of nitrogens with zero attached hydrogens (tertiary/aromatic N) is 1. The van der Waals surface area contributed by atoms with Crippen molar-refractivity contribution in [3.63, 3.8) is 0 Å². The van der Waals surface area contributed by atoms with Crippen molar-refractivity contribution in [1.82, 2.24) is 0 Å². The van der Waals surface area contributed by atoms with Crippen molar-refractivity contribution >= 4 is 27.5 Å². The fourth-order valence-corrected chi connectivity index (χ4v) is 2.18. The number of nitriles is 1. The molecule has 0 aromatic heterocycles. The largest absolute Gasteiger partial charge is 0.497 e. The first-order chi connectivity index (χ1) is 10.6. The molecule has 0 unspecified atom stereocenters. The number of hydrogen-bond acceptors (Lipinski definition) is 4. The van der Waals surface area contributed by atoms with Gasteiger partial charge in [0, 0.05) is 10.2 Å². The van der Waals surface area contributed by atoms with Crippen LogP contribution in [-0.2, 0) is 0 Å². The van der Waals surface area contributed by atoms with Gasteiger partial charge in [-0.2, -0.15) is 5.26 Å². The number of hydrogen-bond donors (Lipinski definition) is 1. The molecule has 0 spiro atoms. The van der Waals surface area contributed by atoms with E-state index in [1.807, 2.05) is 6.07 Å². The number of nitrogens with one attached hydrogen (secondary N) is 1. The van der Waals surface area contributed by atoms with Crippen LogP contribution in [0, 0.1) is 11.3 Å². The molecule has 2 rings (SSSR count). The second kappa shape index (κ2) is 7.48. The van der Waals surface area contributed by atoms with E-state index in [9.17, 15) is 4.79 Å². The maximum atomic E-state index is 12.3. The molecule has 5 nitrogen and oxygen atoms in total. The van der Waals surface area contributed by atoms with Gasteiger partial charge in [0.1, 0.15) is 17.6 Å². The van der Waals surface area contributed by atoms with E-state index in [1.54, 1.807) is 49.6 Å². The topological polar surface area (TPSA) is 71.3 Å². The number of ether oxygens (including phenoxy) is 2. The molecule has 0 saturated heterocycles. The van der Waals surface area contributed by atoms with Crippen molar-refractivity contribution < 1.29 is 14.3 Å². The number of rotatable bonds is 5. The molecule has 6 heteroatoms. The smallest absolute Gasteiger partial charge is 0.256 e. The van der Waals surface area contributed by atoms with Gasteiger partial charge in [-0.05, 0) is 58.4 Å². The third-order valence-electron chi connectivity index (χ3n) is 2.83. The van der Waals surface area contributed by atoms with Crippen LogP contribution >= 0.6 is 15.9 Å². The van der Waals surface area contributed by atoms with E-state index in [2.05, 4.69) is 21.2 Å². The first-order valence-electron chi connectivity index (χ1n) is 6.38. The van der Waals surface area contributed by atoms with Crippen LogP contribution in [0.5, 0.6) is 11.5 Å². The number of amides is 1. The van der Waals surface area contributed by atoms with Gasteiger partial charge in [-0.15, -0.1) is 0 Å². The molecule has 0 saturated carbocycles. The Bertz CT molecular complexity index is 708. The second-order valence-corrected chi connectivity index (χ2v) is 5.13. The lowest BCUT2D eigenvalue weighted by Crippen LogP contribution is -2.12. The lowest BCUT2D eigenvalue weighted by atomic mass is 10.2. The van der Waals surface area contributed by atoms with Crippen LogP contribution in [0.2, 0.25) is 0 Å². The Morgan fingerprint density at radius 3 is 2.55 bits per heavy atom. The van der Waals surface area contributed by atoms with Gasteiger partial charge in [-0.3, -0.25) is 4.79 Å². The molecular weight excluding hydrogens is 348 g/mol. The summed E-state index contributed by atoms with van der Waals surface area (Å²) < 4.78 is 11.0. The summed E-state index contributed by atoms with van der Waals surface area (Å²) in [5, 5.41) is 11.2. The monoisotopic (exact) mass is 360 g/mol. The van der Waals surface area contributed by atoms with Gasteiger partial charge < -0.3 is 14.8 Å². The Kier molecular flexibility index (Phi) is 5.39. The van der Waals surface area contributed by atoms with Crippen LogP contribution in [0.15, 0.2) is 46.9 Å². The van der Waals surface area contributed by atoms with Gasteiger partial charge in [0.05, 0.1) is 12.7 Å². The third-order valence-corrected chi connectivity index (χ3v) is 3.53. The van der Waals surface area contributed by atoms with Crippen LogP contribution in [0.25, 0.3) is 0 Å². The van der Waals surface area contributed by atoms with Crippen molar-refractivity contribution in [1.29, 1.82) is 5.26 Å². The summed E-state index contributed by atoms with van der Waals surface area (Å²) in [6, 6.07) is 13.9. The maximum absolute atomic E-state index is 12.3. The molecular formula is C16H13BrN2O3. The van der Waals surface area contributed by atoms with E-state index in [0.717, 1.165) is 0 Å². The predicted octanol–water partition coefficient (Wildman–Crippen LogP) is 3.61. The molecule has 0 atom stereocenters. The zero-order valence-corrected chi connectivity index (χ0v) is 13.4. The fourth-order valence-electron chi connectivity index (χ4n) is 1.75. The molecule has 0 aliphatic rings. The molecule has 22 heavy (non-hydrogen) atoms. The lowest BCUT2D eigenvalue weighted by Gasteiger charge is -2.09. The average Bonchev–Trinajstić information content (AvgIpc) is 2.54. The Balaban J connectivity index is 2.10. The summed E-state index contributed by atoms with van der Waals surface area (Å²) in [5.41, 5.74) is 1.10. The molecule has 0 fully saturated rings. The van der Waals surface area contributed by atoms with Crippen molar-refractivity contribution in [2.45, 2.75) is 0 Å². The second-order valence-electron chi connectivity index (χ2n) is 4.27. The van der Waals surface area contributed by atoms with Gasteiger partial charge >= 0.3 is 0 Å². The minimum Gasteiger partial charge on any atom is -0.497 e. The Morgan fingerprint density at radius 2 is 1.91 bits per heavy atom.